The van der Waals surface area contributed by atoms with E-state index in [1.54, 1.807) is 6.26 Å². The quantitative estimate of drug-likeness (QED) is 0.0843. The summed E-state index contributed by atoms with van der Waals surface area (Å²) in [7, 11) is -2.63. The van der Waals surface area contributed by atoms with Gasteiger partial charge in [-0.15, -0.1) is 0 Å². The van der Waals surface area contributed by atoms with Gasteiger partial charge in [-0.1, -0.05) is 105 Å². The number of aromatic nitrogens is 3. The van der Waals surface area contributed by atoms with Crippen molar-refractivity contribution in [2.24, 2.45) is 0 Å². The Morgan fingerprint density at radius 1 is 1.07 bits per heavy atom. The van der Waals surface area contributed by atoms with Crippen LogP contribution in [0.3, 0.4) is 0 Å². The third-order valence-electron chi connectivity index (χ3n) is 6.69. The maximum atomic E-state index is 14.6. The van der Waals surface area contributed by atoms with E-state index >= 15 is 0 Å². The molecule has 7 nitrogen and oxygen atoms in total. The second kappa shape index (κ2) is 12.8. The molecule has 1 atom stereocenters. The molecule has 0 bridgehead atoms. The molecule has 0 aliphatic rings. The normalized spacial score (nSPS) is 13.0. The highest BCUT2D eigenvalue weighted by Crippen LogP contribution is 2.36. The van der Waals surface area contributed by atoms with Crippen LogP contribution in [0.1, 0.15) is 27.7 Å². The molecule has 40 heavy (non-hydrogen) atoms. The molecule has 4 aromatic rings. The largest absolute Gasteiger partial charge is 0.475 e. The number of hydrogen-bond acceptors (Lipinski definition) is 7. The number of pyridine rings is 1. The van der Waals surface area contributed by atoms with Crippen LogP contribution >= 0.6 is 23.4 Å². The van der Waals surface area contributed by atoms with Gasteiger partial charge >= 0.3 is 0 Å². The second-order valence-electron chi connectivity index (χ2n) is 10.5. The summed E-state index contributed by atoms with van der Waals surface area (Å²) >= 11 is 7.18. The van der Waals surface area contributed by atoms with E-state index in [0.717, 1.165) is 0 Å². The number of aromatic amines is 1. The summed E-state index contributed by atoms with van der Waals surface area (Å²) in [6.45, 7) is 9.92. The zero-order valence-corrected chi connectivity index (χ0v) is 25.8. The number of nitrogens with zero attached hydrogens (tertiary/aromatic N) is 2. The zero-order valence-electron chi connectivity index (χ0n) is 23.3. The molecule has 212 valence electrons. The van der Waals surface area contributed by atoms with Crippen molar-refractivity contribution < 1.29 is 13.6 Å². The Bertz CT molecular complexity index is 1460. The number of benzene rings is 2. The summed E-state index contributed by atoms with van der Waals surface area (Å²) in [6.07, 6.45) is 1.73. The smallest absolute Gasteiger partial charge is 0.265 e. The number of halogens is 2. The third kappa shape index (κ3) is 6.26. The standard InChI is InChI=1S/C29H34ClFN4O3SSi/c1-19(18-37-27-22-24(23(31)25(30)34-27)33-28(39-5)35-26(22)36)32-16-17-38-40(29(2,3)4,20-12-8-6-9-13-20)21-14-10-7-11-15-21/h6-15,19,32H,16-18H2,1-5H3,(H,33,35,36)/t19-/m0/s1. The van der Waals surface area contributed by atoms with Gasteiger partial charge in [0.1, 0.15) is 17.5 Å². The third-order valence-corrected chi connectivity index (χ3v) is 12.6. The van der Waals surface area contributed by atoms with Crippen molar-refractivity contribution >= 4 is 53.0 Å². The monoisotopic (exact) mass is 600 g/mol. The Morgan fingerprint density at radius 2 is 1.68 bits per heavy atom. The number of hydrogen-bond donors (Lipinski definition) is 2. The highest BCUT2D eigenvalue weighted by molar-refractivity contribution is 7.98. The maximum Gasteiger partial charge on any atom is 0.265 e. The fourth-order valence-corrected chi connectivity index (χ4v) is 9.94. The van der Waals surface area contributed by atoms with Gasteiger partial charge in [-0.2, -0.15) is 4.98 Å². The van der Waals surface area contributed by atoms with Gasteiger partial charge in [-0.25, -0.2) is 9.37 Å². The minimum Gasteiger partial charge on any atom is -0.475 e. The van der Waals surface area contributed by atoms with Crippen molar-refractivity contribution in [2.75, 3.05) is 26.0 Å². The van der Waals surface area contributed by atoms with Crippen molar-refractivity contribution in [3.05, 3.63) is 82.0 Å². The minimum atomic E-state index is -2.63. The average Bonchev–Trinajstić information content (AvgIpc) is 2.94. The summed E-state index contributed by atoms with van der Waals surface area (Å²) in [5.74, 6) is -0.905. The van der Waals surface area contributed by atoms with Gasteiger partial charge in [0.05, 0.1) is 0 Å². The highest BCUT2D eigenvalue weighted by atomic mass is 35.5. The number of nitrogens with one attached hydrogen (secondary N) is 2. The Morgan fingerprint density at radius 3 is 2.23 bits per heavy atom. The van der Waals surface area contributed by atoms with E-state index in [1.807, 2.05) is 19.1 Å². The Labute approximate surface area is 244 Å². The topological polar surface area (TPSA) is 89.1 Å². The van der Waals surface area contributed by atoms with Crippen LogP contribution in [0.25, 0.3) is 10.9 Å². The molecule has 0 saturated heterocycles. The lowest BCUT2D eigenvalue weighted by Crippen LogP contribution is -2.67. The molecule has 0 aliphatic heterocycles. The van der Waals surface area contributed by atoms with E-state index in [1.165, 1.54) is 22.1 Å². The fourth-order valence-electron chi connectivity index (χ4n) is 4.84. The van der Waals surface area contributed by atoms with Crippen molar-refractivity contribution in [2.45, 2.75) is 43.9 Å². The van der Waals surface area contributed by atoms with Crippen LogP contribution in [0.2, 0.25) is 10.2 Å². The first-order chi connectivity index (χ1) is 19.1. The van der Waals surface area contributed by atoms with E-state index in [0.29, 0.717) is 13.2 Å². The van der Waals surface area contributed by atoms with Crippen LogP contribution in [-0.4, -0.2) is 55.3 Å². The number of ether oxygens (including phenoxy) is 1. The Balaban J connectivity index is 1.46. The lowest BCUT2D eigenvalue weighted by molar-refractivity contribution is 0.247. The zero-order chi connectivity index (χ0) is 28.9. The SMILES string of the molecule is CSc1nc2c(F)c(Cl)nc(OC[C@H](C)NCCO[Si](c3ccccc3)(c3ccccc3)C(C)(C)C)c2c(=O)[nH]1. The molecule has 0 amide bonds. The molecule has 0 spiro atoms. The van der Waals surface area contributed by atoms with Gasteiger partial charge in [0.15, 0.2) is 16.1 Å². The summed E-state index contributed by atoms with van der Waals surface area (Å²) in [6, 6.07) is 20.8. The molecule has 2 heterocycles. The molecule has 0 unspecified atom stereocenters. The molecule has 11 heteroatoms. The first-order valence-corrected chi connectivity index (χ1v) is 16.5. The summed E-state index contributed by atoms with van der Waals surface area (Å²) < 4.78 is 27.4. The number of rotatable bonds is 11. The van der Waals surface area contributed by atoms with E-state index < -0.39 is 24.8 Å². The predicted octanol–water partition coefficient (Wildman–Crippen LogP) is 4.77. The van der Waals surface area contributed by atoms with Crippen LogP contribution < -0.4 is 26.0 Å². The molecule has 4 rings (SSSR count). The van der Waals surface area contributed by atoms with Crippen LogP contribution in [0.5, 0.6) is 5.88 Å². The van der Waals surface area contributed by atoms with Crippen LogP contribution in [0.4, 0.5) is 4.39 Å². The fraction of sp³-hybridized carbons (Fsp3) is 0.345. The second-order valence-corrected chi connectivity index (χ2v) is 16.0. The van der Waals surface area contributed by atoms with Crippen LogP contribution in [0, 0.1) is 5.82 Å². The van der Waals surface area contributed by atoms with Crippen molar-refractivity contribution in [3.8, 4) is 5.88 Å². The van der Waals surface area contributed by atoms with Crippen molar-refractivity contribution in [3.63, 3.8) is 0 Å². The highest BCUT2D eigenvalue weighted by Gasteiger charge is 2.49. The Kier molecular flexibility index (Phi) is 9.68. The summed E-state index contributed by atoms with van der Waals surface area (Å²) in [5.41, 5.74) is -0.700. The molecule has 2 aromatic heterocycles. The number of thioether (sulfide) groups is 1. The van der Waals surface area contributed by atoms with Gasteiger partial charge < -0.3 is 19.5 Å². The average molecular weight is 601 g/mol. The minimum absolute atomic E-state index is 0.0555. The molecule has 0 radical (unpaired) electrons. The first kappa shape index (κ1) is 30.2. The lowest BCUT2D eigenvalue weighted by Gasteiger charge is -2.43. The molecule has 2 N–H and O–H groups in total. The molecule has 0 aliphatic carbocycles. The van der Waals surface area contributed by atoms with Crippen molar-refractivity contribution in [1.29, 1.82) is 0 Å². The Hall–Kier alpha value is -2.76. The van der Waals surface area contributed by atoms with Gasteiger partial charge in [-0.3, -0.25) is 4.79 Å². The first-order valence-electron chi connectivity index (χ1n) is 13.0. The molecular formula is C29H34ClFN4O3SSi. The van der Waals surface area contributed by atoms with Crippen molar-refractivity contribution in [1.82, 2.24) is 20.3 Å². The predicted molar refractivity (Wildman–Crippen MR) is 163 cm³/mol. The van der Waals surface area contributed by atoms with E-state index in [2.05, 4.69) is 89.6 Å². The summed E-state index contributed by atoms with van der Waals surface area (Å²) in [5, 5.41) is 5.56. The van der Waals surface area contributed by atoms with Gasteiger partial charge in [0, 0.05) is 19.2 Å². The molecule has 0 saturated carbocycles. The van der Waals surface area contributed by atoms with E-state index in [4.69, 9.17) is 20.8 Å². The molecule has 2 aromatic carbocycles. The van der Waals surface area contributed by atoms with Gasteiger partial charge in [-0.05, 0) is 28.6 Å². The molecular weight excluding hydrogens is 567 g/mol. The van der Waals surface area contributed by atoms with Crippen LogP contribution in [0.15, 0.2) is 70.6 Å². The van der Waals surface area contributed by atoms with E-state index in [9.17, 15) is 9.18 Å². The maximum absolute atomic E-state index is 14.6. The summed E-state index contributed by atoms with van der Waals surface area (Å²) in [4.78, 5) is 23.4. The van der Waals surface area contributed by atoms with Gasteiger partial charge in [0.25, 0.3) is 13.9 Å². The number of H-pyrrole nitrogens is 1. The molecule has 0 fully saturated rings. The number of fused-ring (bicyclic) bond motifs is 1. The van der Waals surface area contributed by atoms with Crippen LogP contribution in [-0.2, 0) is 4.43 Å². The van der Waals surface area contributed by atoms with Gasteiger partial charge in [0.2, 0.25) is 5.88 Å². The van der Waals surface area contributed by atoms with E-state index in [-0.39, 0.29) is 39.6 Å². The lowest BCUT2D eigenvalue weighted by atomic mass is 10.2.